The van der Waals surface area contributed by atoms with E-state index in [2.05, 4.69) is 5.16 Å². The first-order chi connectivity index (χ1) is 8.69. The number of nitrogens with two attached hydrogens (primary N) is 1. The van der Waals surface area contributed by atoms with E-state index in [9.17, 15) is 9.18 Å². The van der Waals surface area contributed by atoms with Gasteiger partial charge in [0.2, 0.25) is 0 Å². The molecule has 2 aromatic rings. The second-order valence-corrected chi connectivity index (χ2v) is 4.44. The predicted molar refractivity (Wildman–Crippen MR) is 64.1 cm³/mol. The number of hydrazine groups is 1. The van der Waals surface area contributed by atoms with Crippen molar-refractivity contribution in [3.05, 3.63) is 47.6 Å². The summed E-state index contributed by atoms with van der Waals surface area (Å²) in [5, 5.41) is 3.57. The molecule has 0 saturated heterocycles. The van der Waals surface area contributed by atoms with Gasteiger partial charge in [-0.25, -0.2) is 10.2 Å². The molecule has 0 aliphatic rings. The lowest BCUT2D eigenvalue weighted by Gasteiger charge is -1.97. The molecular formula is C11H10FN3O2S. The monoisotopic (exact) mass is 267 g/mol. The molecule has 0 fully saturated rings. The molecule has 18 heavy (non-hydrogen) atoms. The van der Waals surface area contributed by atoms with Gasteiger partial charge in [-0.1, -0.05) is 5.16 Å². The van der Waals surface area contributed by atoms with Gasteiger partial charge in [0.15, 0.2) is 5.69 Å². The van der Waals surface area contributed by atoms with Crippen LogP contribution in [-0.2, 0) is 5.75 Å². The Morgan fingerprint density at radius 1 is 1.44 bits per heavy atom. The quantitative estimate of drug-likeness (QED) is 0.381. The van der Waals surface area contributed by atoms with Gasteiger partial charge in [0.1, 0.15) is 11.6 Å². The van der Waals surface area contributed by atoms with Crippen molar-refractivity contribution in [2.45, 2.75) is 10.6 Å². The summed E-state index contributed by atoms with van der Waals surface area (Å²) in [5.41, 5.74) is 2.10. The zero-order valence-corrected chi connectivity index (χ0v) is 10.0. The number of hydrogen-bond acceptors (Lipinski definition) is 5. The molecule has 0 aliphatic carbocycles. The number of amides is 1. The maximum atomic E-state index is 12.7. The first-order valence-electron chi connectivity index (χ1n) is 5.04. The molecule has 0 atom stereocenters. The van der Waals surface area contributed by atoms with E-state index >= 15 is 0 Å². The van der Waals surface area contributed by atoms with Crippen LogP contribution in [-0.4, -0.2) is 11.1 Å². The van der Waals surface area contributed by atoms with Crippen LogP contribution in [0.5, 0.6) is 0 Å². The molecule has 94 valence electrons. The highest BCUT2D eigenvalue weighted by Crippen LogP contribution is 2.23. The summed E-state index contributed by atoms with van der Waals surface area (Å²) in [4.78, 5) is 12.0. The summed E-state index contributed by atoms with van der Waals surface area (Å²) in [6, 6.07) is 7.62. The van der Waals surface area contributed by atoms with Crippen LogP contribution in [0.4, 0.5) is 4.39 Å². The Morgan fingerprint density at radius 3 is 2.83 bits per heavy atom. The average molecular weight is 267 g/mol. The third-order valence-corrected chi connectivity index (χ3v) is 3.15. The number of hydrogen-bond donors (Lipinski definition) is 2. The second-order valence-electron chi connectivity index (χ2n) is 3.39. The van der Waals surface area contributed by atoms with Gasteiger partial charge >= 0.3 is 0 Å². The summed E-state index contributed by atoms with van der Waals surface area (Å²) in [5.74, 6) is 5.23. The lowest BCUT2D eigenvalue weighted by molar-refractivity contribution is 0.0944. The van der Waals surface area contributed by atoms with Crippen molar-refractivity contribution in [2.75, 3.05) is 0 Å². The summed E-state index contributed by atoms with van der Waals surface area (Å²) in [6.07, 6.45) is 0. The SMILES string of the molecule is NNC(=O)c1cc(CSc2ccc(F)cc2)on1. The highest BCUT2D eigenvalue weighted by Gasteiger charge is 2.11. The number of carbonyl (C=O) groups excluding carboxylic acids is 1. The van der Waals surface area contributed by atoms with E-state index in [4.69, 9.17) is 10.4 Å². The van der Waals surface area contributed by atoms with Gasteiger partial charge in [-0.2, -0.15) is 0 Å². The highest BCUT2D eigenvalue weighted by molar-refractivity contribution is 7.98. The Balaban J connectivity index is 1.96. The zero-order chi connectivity index (χ0) is 13.0. The minimum Gasteiger partial charge on any atom is -0.360 e. The number of rotatable bonds is 4. The van der Waals surface area contributed by atoms with Gasteiger partial charge in [-0.05, 0) is 24.3 Å². The largest absolute Gasteiger partial charge is 0.360 e. The maximum absolute atomic E-state index is 12.7. The van der Waals surface area contributed by atoms with Crippen molar-refractivity contribution in [3.8, 4) is 0 Å². The molecule has 0 saturated carbocycles. The van der Waals surface area contributed by atoms with Crippen molar-refractivity contribution < 1.29 is 13.7 Å². The molecule has 1 amide bonds. The summed E-state index contributed by atoms with van der Waals surface area (Å²) >= 11 is 1.45. The van der Waals surface area contributed by atoms with Crippen molar-refractivity contribution in [1.29, 1.82) is 0 Å². The van der Waals surface area contributed by atoms with Crippen LogP contribution in [0, 0.1) is 5.82 Å². The van der Waals surface area contributed by atoms with Gasteiger partial charge in [-0.3, -0.25) is 10.2 Å². The van der Waals surface area contributed by atoms with Crippen molar-refractivity contribution in [2.24, 2.45) is 5.84 Å². The number of nitrogens with zero attached hydrogens (tertiary/aromatic N) is 1. The Labute approximate surface area is 106 Å². The topological polar surface area (TPSA) is 81.1 Å². The normalized spacial score (nSPS) is 10.3. The van der Waals surface area contributed by atoms with Gasteiger partial charge in [0, 0.05) is 11.0 Å². The summed E-state index contributed by atoms with van der Waals surface area (Å²) in [7, 11) is 0. The Kier molecular flexibility index (Phi) is 3.96. The lowest BCUT2D eigenvalue weighted by atomic mass is 10.3. The average Bonchev–Trinajstić information content (AvgIpc) is 2.86. The zero-order valence-electron chi connectivity index (χ0n) is 9.22. The molecule has 1 heterocycles. The van der Waals surface area contributed by atoms with E-state index in [-0.39, 0.29) is 11.5 Å². The maximum Gasteiger partial charge on any atom is 0.287 e. The molecule has 0 aliphatic heterocycles. The van der Waals surface area contributed by atoms with Crippen LogP contribution in [0.15, 0.2) is 39.8 Å². The van der Waals surface area contributed by atoms with E-state index in [1.165, 1.54) is 30.0 Å². The number of nitrogens with one attached hydrogen (secondary N) is 1. The first-order valence-corrected chi connectivity index (χ1v) is 6.02. The number of benzene rings is 1. The molecule has 1 aromatic heterocycles. The van der Waals surface area contributed by atoms with Crippen molar-refractivity contribution in [1.82, 2.24) is 10.6 Å². The van der Waals surface area contributed by atoms with Crippen LogP contribution in [0.1, 0.15) is 16.2 Å². The molecule has 0 radical (unpaired) electrons. The number of aromatic nitrogens is 1. The molecule has 0 spiro atoms. The minimum absolute atomic E-state index is 0.132. The highest BCUT2D eigenvalue weighted by atomic mass is 32.2. The molecule has 3 N–H and O–H groups in total. The van der Waals surface area contributed by atoms with E-state index in [1.54, 1.807) is 12.1 Å². The third-order valence-electron chi connectivity index (χ3n) is 2.12. The van der Waals surface area contributed by atoms with E-state index < -0.39 is 5.91 Å². The predicted octanol–water partition coefficient (Wildman–Crippen LogP) is 1.71. The van der Waals surface area contributed by atoms with E-state index in [0.29, 0.717) is 11.5 Å². The molecule has 1 aromatic carbocycles. The Hall–Kier alpha value is -1.86. The number of halogens is 1. The van der Waals surface area contributed by atoms with Gasteiger partial charge < -0.3 is 4.52 Å². The molecule has 0 unspecified atom stereocenters. The summed E-state index contributed by atoms with van der Waals surface area (Å²) in [6.45, 7) is 0. The first kappa shape index (κ1) is 12.6. The second kappa shape index (κ2) is 5.65. The van der Waals surface area contributed by atoms with Gasteiger partial charge in [0.05, 0.1) is 5.75 Å². The Morgan fingerprint density at radius 2 is 2.17 bits per heavy atom. The smallest absolute Gasteiger partial charge is 0.287 e. The summed E-state index contributed by atoms with van der Waals surface area (Å²) < 4.78 is 17.7. The fourth-order valence-electron chi connectivity index (χ4n) is 1.25. The number of nitrogen functional groups attached to an aromatic ring is 1. The van der Waals surface area contributed by atoms with E-state index in [0.717, 1.165) is 4.90 Å². The standard InChI is InChI=1S/C11H10FN3O2S/c12-7-1-3-9(4-2-7)18-6-8-5-10(15-17-8)11(16)14-13/h1-5H,6,13H2,(H,14,16). The van der Waals surface area contributed by atoms with Crippen LogP contribution in [0.3, 0.4) is 0 Å². The van der Waals surface area contributed by atoms with Crippen molar-refractivity contribution >= 4 is 17.7 Å². The minimum atomic E-state index is -0.503. The van der Waals surface area contributed by atoms with Crippen molar-refractivity contribution in [3.63, 3.8) is 0 Å². The van der Waals surface area contributed by atoms with Gasteiger partial charge in [0.25, 0.3) is 5.91 Å². The fraction of sp³-hybridized carbons (Fsp3) is 0.0909. The third kappa shape index (κ3) is 3.08. The van der Waals surface area contributed by atoms with Crippen LogP contribution in [0.2, 0.25) is 0 Å². The van der Waals surface area contributed by atoms with Crippen LogP contribution < -0.4 is 11.3 Å². The molecule has 0 bridgehead atoms. The molecular weight excluding hydrogens is 257 g/mol. The molecule has 5 nitrogen and oxygen atoms in total. The molecule has 2 rings (SSSR count). The van der Waals surface area contributed by atoms with Crippen LogP contribution >= 0.6 is 11.8 Å². The van der Waals surface area contributed by atoms with Crippen LogP contribution in [0.25, 0.3) is 0 Å². The Bertz CT molecular complexity index is 541. The number of carbonyl (C=O) groups is 1. The van der Waals surface area contributed by atoms with E-state index in [1.807, 2.05) is 5.43 Å². The lowest BCUT2D eigenvalue weighted by Crippen LogP contribution is -2.30. The fourth-order valence-corrected chi connectivity index (χ4v) is 2.02. The van der Waals surface area contributed by atoms with Gasteiger partial charge in [-0.15, -0.1) is 11.8 Å². The number of thioether (sulfide) groups is 1. The molecule has 7 heteroatoms.